The Hall–Kier alpha value is -1.14. The van der Waals surface area contributed by atoms with Crippen molar-refractivity contribution in [2.45, 2.75) is 50.0 Å². The molecule has 7 unspecified atom stereocenters. The second kappa shape index (κ2) is 16.1. The van der Waals surface area contributed by atoms with E-state index >= 15 is 0 Å². The number of methoxy groups -OCH3 is 2. The summed E-state index contributed by atoms with van der Waals surface area (Å²) in [7, 11) is 3.34. The molecule has 2 heterocycles. The zero-order valence-corrected chi connectivity index (χ0v) is 22.3. The lowest BCUT2D eigenvalue weighted by Crippen LogP contribution is -2.69. The highest BCUT2D eigenvalue weighted by molar-refractivity contribution is 5.13. The molecule has 2 saturated heterocycles. The molecule has 1 aromatic carbocycles. The van der Waals surface area contributed by atoms with Crippen LogP contribution in [0.15, 0.2) is 30.3 Å². The van der Waals surface area contributed by atoms with E-state index < -0.39 is 0 Å². The summed E-state index contributed by atoms with van der Waals surface area (Å²) < 4.78 is 52.9. The third kappa shape index (κ3) is 8.42. The summed E-state index contributed by atoms with van der Waals surface area (Å²) in [6.07, 6.45) is 1.91. The van der Waals surface area contributed by atoms with Crippen molar-refractivity contribution in [3.8, 4) is 0 Å². The standard InChI is InChI=1S/C28H44O9/c1-29-8-10-31-12-15-34-25-23-18-22-19-24(25)27(36-17-14-33-20-21-6-4-3-5-7-21)28(37-22)26(23)35-16-13-32-11-9-30-2/h3-7,22-28H,8-20H2,1-2H3. The maximum atomic E-state index is 6.44. The van der Waals surface area contributed by atoms with Crippen molar-refractivity contribution in [1.29, 1.82) is 0 Å². The smallest absolute Gasteiger partial charge is 0.111 e. The maximum Gasteiger partial charge on any atom is 0.111 e. The average molecular weight is 525 g/mol. The molecule has 1 aromatic rings. The molecule has 0 spiro atoms. The maximum absolute atomic E-state index is 6.44. The van der Waals surface area contributed by atoms with E-state index in [1.165, 1.54) is 0 Å². The van der Waals surface area contributed by atoms with E-state index in [2.05, 4.69) is 12.1 Å². The van der Waals surface area contributed by atoms with Gasteiger partial charge in [-0.15, -0.1) is 0 Å². The van der Waals surface area contributed by atoms with E-state index in [0.29, 0.717) is 72.7 Å². The molecule has 2 aliphatic carbocycles. The SMILES string of the molecule is COCCOCCOC1C2CC3CC1C(OCCOCc1ccccc1)C(O3)C2OCCOCCOC. The van der Waals surface area contributed by atoms with E-state index in [9.17, 15) is 0 Å². The van der Waals surface area contributed by atoms with Gasteiger partial charge in [-0.25, -0.2) is 0 Å². The van der Waals surface area contributed by atoms with Gasteiger partial charge < -0.3 is 42.6 Å². The van der Waals surface area contributed by atoms with Crippen LogP contribution in [0.3, 0.4) is 0 Å². The minimum Gasteiger partial charge on any atom is -0.382 e. The third-order valence-electron chi connectivity index (χ3n) is 7.34. The van der Waals surface area contributed by atoms with Gasteiger partial charge in [0.05, 0.1) is 97.1 Å². The molecule has 7 atom stereocenters. The Balaban J connectivity index is 1.30. The lowest BCUT2D eigenvalue weighted by atomic mass is 9.62. The first kappa shape index (κ1) is 28.9. The fourth-order valence-corrected chi connectivity index (χ4v) is 5.76. The first-order chi connectivity index (χ1) is 18.3. The Morgan fingerprint density at radius 1 is 0.622 bits per heavy atom. The number of hydrogen-bond acceptors (Lipinski definition) is 9. The Labute approximate surface area is 220 Å². The second-order valence-electron chi connectivity index (χ2n) is 9.78. The van der Waals surface area contributed by atoms with Gasteiger partial charge in [-0.3, -0.25) is 0 Å². The van der Waals surface area contributed by atoms with E-state index in [1.54, 1.807) is 14.2 Å². The largest absolute Gasteiger partial charge is 0.382 e. The fraction of sp³-hybridized carbons (Fsp3) is 0.786. The van der Waals surface area contributed by atoms with E-state index in [-0.39, 0.29) is 42.4 Å². The molecule has 2 saturated carbocycles. The van der Waals surface area contributed by atoms with Crippen LogP contribution in [-0.4, -0.2) is 111 Å². The van der Waals surface area contributed by atoms with Crippen molar-refractivity contribution in [3.63, 3.8) is 0 Å². The normalized spacial score (nSPS) is 30.3. The molecule has 0 radical (unpaired) electrons. The van der Waals surface area contributed by atoms with Crippen molar-refractivity contribution < 1.29 is 42.6 Å². The molecule has 37 heavy (non-hydrogen) atoms. The van der Waals surface area contributed by atoms with E-state index in [4.69, 9.17) is 42.6 Å². The predicted molar refractivity (Wildman–Crippen MR) is 136 cm³/mol. The average Bonchev–Trinajstić information content (AvgIpc) is 2.92. The minimum atomic E-state index is -0.103. The molecule has 5 rings (SSSR count). The fourth-order valence-electron chi connectivity index (χ4n) is 5.76. The molecule has 2 aliphatic heterocycles. The summed E-state index contributed by atoms with van der Waals surface area (Å²) in [5, 5.41) is 0. The molecule has 4 fully saturated rings. The van der Waals surface area contributed by atoms with Gasteiger partial charge in [-0.2, -0.15) is 0 Å². The van der Waals surface area contributed by atoms with Crippen LogP contribution in [0, 0.1) is 11.8 Å². The van der Waals surface area contributed by atoms with Gasteiger partial charge >= 0.3 is 0 Å². The van der Waals surface area contributed by atoms with Gasteiger partial charge in [0.15, 0.2) is 0 Å². The molecular formula is C28H44O9. The Bertz CT molecular complexity index is 702. The van der Waals surface area contributed by atoms with E-state index in [0.717, 1.165) is 18.4 Å². The van der Waals surface area contributed by atoms with Crippen LogP contribution in [0.2, 0.25) is 0 Å². The van der Waals surface area contributed by atoms with Crippen LogP contribution in [0.5, 0.6) is 0 Å². The van der Waals surface area contributed by atoms with Crippen molar-refractivity contribution in [2.24, 2.45) is 11.8 Å². The minimum absolute atomic E-state index is 0.0528. The van der Waals surface area contributed by atoms with Gasteiger partial charge in [-0.1, -0.05) is 30.3 Å². The monoisotopic (exact) mass is 524 g/mol. The molecule has 9 nitrogen and oxygen atoms in total. The van der Waals surface area contributed by atoms with E-state index in [1.807, 2.05) is 18.2 Å². The van der Waals surface area contributed by atoms with Crippen LogP contribution in [0.4, 0.5) is 0 Å². The van der Waals surface area contributed by atoms with Crippen LogP contribution in [-0.2, 0) is 49.2 Å². The molecule has 4 bridgehead atoms. The molecular weight excluding hydrogens is 480 g/mol. The quantitative estimate of drug-likeness (QED) is 0.239. The first-order valence-corrected chi connectivity index (χ1v) is 13.6. The summed E-state index contributed by atoms with van der Waals surface area (Å²) in [4.78, 5) is 0. The lowest BCUT2D eigenvalue weighted by molar-refractivity contribution is -0.315. The molecule has 4 aliphatic rings. The van der Waals surface area contributed by atoms with Crippen molar-refractivity contribution in [1.82, 2.24) is 0 Å². The number of rotatable bonds is 20. The molecule has 0 amide bonds. The van der Waals surface area contributed by atoms with Crippen LogP contribution in [0.1, 0.15) is 18.4 Å². The highest BCUT2D eigenvalue weighted by atomic mass is 16.6. The summed E-state index contributed by atoms with van der Waals surface area (Å²) in [6, 6.07) is 10.2. The van der Waals surface area contributed by atoms with Crippen LogP contribution in [0.25, 0.3) is 0 Å². The number of hydrogen-bond donors (Lipinski definition) is 0. The molecule has 0 N–H and O–H groups in total. The zero-order chi connectivity index (χ0) is 25.7. The Morgan fingerprint density at radius 2 is 1.14 bits per heavy atom. The summed E-state index contributed by atoms with van der Waals surface area (Å²) >= 11 is 0. The first-order valence-electron chi connectivity index (χ1n) is 13.6. The van der Waals surface area contributed by atoms with Gasteiger partial charge in [-0.05, 0) is 18.4 Å². The van der Waals surface area contributed by atoms with Crippen LogP contribution < -0.4 is 0 Å². The predicted octanol–water partition coefficient (Wildman–Crippen LogP) is 2.49. The van der Waals surface area contributed by atoms with Gasteiger partial charge in [0.1, 0.15) is 6.10 Å². The highest BCUT2D eigenvalue weighted by Gasteiger charge is 2.61. The van der Waals surface area contributed by atoms with Gasteiger partial charge in [0.25, 0.3) is 0 Å². The summed E-state index contributed by atoms with van der Waals surface area (Å²) in [5.74, 6) is 0.544. The molecule has 210 valence electrons. The lowest BCUT2D eigenvalue weighted by Gasteiger charge is -2.60. The summed E-state index contributed by atoms with van der Waals surface area (Å²) in [5.41, 5.74) is 1.16. The Kier molecular flexibility index (Phi) is 12.5. The topological polar surface area (TPSA) is 83.1 Å². The highest BCUT2D eigenvalue weighted by Crippen LogP contribution is 2.51. The number of ether oxygens (including phenoxy) is 9. The van der Waals surface area contributed by atoms with Gasteiger partial charge in [0, 0.05) is 26.1 Å². The number of benzene rings is 1. The van der Waals surface area contributed by atoms with Crippen molar-refractivity contribution >= 4 is 0 Å². The van der Waals surface area contributed by atoms with Crippen molar-refractivity contribution in [3.05, 3.63) is 35.9 Å². The molecule has 0 aromatic heterocycles. The molecule has 9 heteroatoms. The van der Waals surface area contributed by atoms with Gasteiger partial charge in [0.2, 0.25) is 0 Å². The zero-order valence-electron chi connectivity index (χ0n) is 22.3. The third-order valence-corrected chi connectivity index (χ3v) is 7.34. The van der Waals surface area contributed by atoms with Crippen molar-refractivity contribution in [2.75, 3.05) is 80.3 Å². The van der Waals surface area contributed by atoms with Crippen LogP contribution >= 0.6 is 0 Å². The Morgan fingerprint density at radius 3 is 1.70 bits per heavy atom. The summed E-state index contributed by atoms with van der Waals surface area (Å²) in [6.45, 7) is 5.98. The second-order valence-corrected chi connectivity index (χ2v) is 9.78.